The number of amides is 1. The van der Waals surface area contributed by atoms with Crippen LogP contribution >= 0.6 is 11.6 Å². The molecule has 4 nitrogen and oxygen atoms in total. The lowest BCUT2D eigenvalue weighted by molar-refractivity contribution is 0.0948. The van der Waals surface area contributed by atoms with Gasteiger partial charge in [0.25, 0.3) is 5.91 Å². The number of hydrogen-bond donors (Lipinski definition) is 2. The minimum Gasteiger partial charge on any atom is -0.289 e. The SMILES string of the molecule is NNC(=O)c1ccc(Cl)cn1. The number of aromatic nitrogens is 1. The Labute approximate surface area is 68.3 Å². The van der Waals surface area contributed by atoms with Crippen molar-refractivity contribution in [2.24, 2.45) is 5.84 Å². The summed E-state index contributed by atoms with van der Waals surface area (Å²) in [5.74, 6) is 4.44. The van der Waals surface area contributed by atoms with Gasteiger partial charge in [-0.3, -0.25) is 10.2 Å². The Bertz CT molecular complexity index is 259. The first-order chi connectivity index (χ1) is 5.24. The third kappa shape index (κ3) is 1.89. The van der Waals surface area contributed by atoms with E-state index < -0.39 is 5.91 Å². The van der Waals surface area contributed by atoms with Gasteiger partial charge in [0, 0.05) is 6.20 Å². The van der Waals surface area contributed by atoms with E-state index in [4.69, 9.17) is 17.4 Å². The topological polar surface area (TPSA) is 68.0 Å². The van der Waals surface area contributed by atoms with Crippen molar-refractivity contribution >= 4 is 17.5 Å². The normalized spacial score (nSPS) is 9.27. The highest BCUT2D eigenvalue weighted by Crippen LogP contribution is 2.05. The van der Waals surface area contributed by atoms with E-state index in [9.17, 15) is 4.79 Å². The first-order valence-corrected chi connectivity index (χ1v) is 3.24. The predicted octanol–water partition coefficient (Wildman–Crippen LogP) is 0.338. The third-order valence-corrected chi connectivity index (χ3v) is 1.31. The fraction of sp³-hybridized carbons (Fsp3) is 0. The van der Waals surface area contributed by atoms with Crippen LogP contribution in [0.25, 0.3) is 0 Å². The number of hydrazine groups is 1. The maximum atomic E-state index is 10.8. The van der Waals surface area contributed by atoms with E-state index in [-0.39, 0.29) is 5.69 Å². The van der Waals surface area contributed by atoms with Gasteiger partial charge in [0.2, 0.25) is 0 Å². The van der Waals surface area contributed by atoms with E-state index in [0.717, 1.165) is 0 Å². The van der Waals surface area contributed by atoms with Gasteiger partial charge < -0.3 is 0 Å². The fourth-order valence-corrected chi connectivity index (χ4v) is 0.696. The number of rotatable bonds is 1. The Hall–Kier alpha value is -1.13. The van der Waals surface area contributed by atoms with Crippen molar-refractivity contribution in [1.82, 2.24) is 10.4 Å². The van der Waals surface area contributed by atoms with Crippen LogP contribution in [0.3, 0.4) is 0 Å². The second-order valence-electron chi connectivity index (χ2n) is 1.84. The van der Waals surface area contributed by atoms with Crippen molar-refractivity contribution in [3.8, 4) is 0 Å². The van der Waals surface area contributed by atoms with Crippen molar-refractivity contribution in [2.45, 2.75) is 0 Å². The van der Waals surface area contributed by atoms with Crippen LogP contribution in [0.1, 0.15) is 10.5 Å². The van der Waals surface area contributed by atoms with Crippen molar-refractivity contribution in [1.29, 1.82) is 0 Å². The van der Waals surface area contributed by atoms with E-state index in [0.29, 0.717) is 5.02 Å². The van der Waals surface area contributed by atoms with Gasteiger partial charge in [-0.2, -0.15) is 0 Å². The summed E-state index contributed by atoms with van der Waals surface area (Å²) < 4.78 is 0. The van der Waals surface area contributed by atoms with Crippen LogP contribution in [-0.4, -0.2) is 10.9 Å². The van der Waals surface area contributed by atoms with Gasteiger partial charge in [0.05, 0.1) is 5.02 Å². The van der Waals surface area contributed by atoms with E-state index in [1.54, 1.807) is 6.07 Å². The van der Waals surface area contributed by atoms with Gasteiger partial charge in [-0.25, -0.2) is 10.8 Å². The average Bonchev–Trinajstić information content (AvgIpc) is 2.05. The largest absolute Gasteiger partial charge is 0.289 e. The molecule has 0 bridgehead atoms. The van der Waals surface area contributed by atoms with E-state index in [1.165, 1.54) is 12.3 Å². The number of nitrogens with two attached hydrogens (primary N) is 1. The van der Waals surface area contributed by atoms with Gasteiger partial charge in [0.15, 0.2) is 0 Å². The summed E-state index contributed by atoms with van der Waals surface area (Å²) in [5.41, 5.74) is 2.20. The molecule has 11 heavy (non-hydrogen) atoms. The Balaban J connectivity index is 2.90. The van der Waals surface area contributed by atoms with Gasteiger partial charge >= 0.3 is 0 Å². The minimum atomic E-state index is -0.429. The summed E-state index contributed by atoms with van der Waals surface area (Å²) in [5, 5.41) is 0.485. The highest BCUT2D eigenvalue weighted by Gasteiger charge is 2.02. The number of halogens is 1. The Kier molecular flexibility index (Phi) is 2.40. The zero-order valence-corrected chi connectivity index (χ0v) is 6.30. The molecule has 0 spiro atoms. The van der Waals surface area contributed by atoms with Gasteiger partial charge in [0.1, 0.15) is 5.69 Å². The molecule has 5 heteroatoms. The molecule has 1 aromatic heterocycles. The summed E-state index contributed by atoms with van der Waals surface area (Å²) in [6, 6.07) is 3.06. The molecule has 0 saturated heterocycles. The number of hydrogen-bond acceptors (Lipinski definition) is 3. The lowest BCUT2D eigenvalue weighted by Gasteiger charge is -1.96. The third-order valence-electron chi connectivity index (χ3n) is 1.09. The van der Waals surface area contributed by atoms with Gasteiger partial charge in [-0.05, 0) is 12.1 Å². The van der Waals surface area contributed by atoms with Crippen LogP contribution < -0.4 is 11.3 Å². The zero-order chi connectivity index (χ0) is 8.27. The quantitative estimate of drug-likeness (QED) is 0.364. The van der Waals surface area contributed by atoms with Crippen LogP contribution in [0.2, 0.25) is 5.02 Å². The van der Waals surface area contributed by atoms with Gasteiger partial charge in [-0.1, -0.05) is 11.6 Å². The number of carbonyl (C=O) groups excluding carboxylic acids is 1. The smallest absolute Gasteiger partial charge is 0.283 e. The summed E-state index contributed by atoms with van der Waals surface area (Å²) in [6.07, 6.45) is 1.38. The molecule has 1 rings (SSSR count). The van der Waals surface area contributed by atoms with Crippen LogP contribution in [0.5, 0.6) is 0 Å². The second kappa shape index (κ2) is 3.32. The molecule has 1 heterocycles. The molecule has 0 aromatic carbocycles. The number of carbonyl (C=O) groups is 1. The maximum Gasteiger partial charge on any atom is 0.283 e. The van der Waals surface area contributed by atoms with Gasteiger partial charge in [-0.15, -0.1) is 0 Å². The molecule has 3 N–H and O–H groups in total. The second-order valence-corrected chi connectivity index (χ2v) is 2.27. The molecule has 1 amide bonds. The van der Waals surface area contributed by atoms with Crippen LogP contribution in [0, 0.1) is 0 Å². The number of nitrogens with one attached hydrogen (secondary N) is 1. The minimum absolute atomic E-state index is 0.247. The number of pyridine rings is 1. The molecule has 1 aromatic rings. The van der Waals surface area contributed by atoms with E-state index in [2.05, 4.69) is 4.98 Å². The summed E-state index contributed by atoms with van der Waals surface area (Å²) in [4.78, 5) is 14.5. The van der Waals surface area contributed by atoms with Crippen molar-refractivity contribution in [3.63, 3.8) is 0 Å². The Morgan fingerprint density at radius 2 is 2.36 bits per heavy atom. The highest BCUT2D eigenvalue weighted by molar-refractivity contribution is 6.30. The molecular formula is C6H6ClN3O. The number of nitrogens with zero attached hydrogens (tertiary/aromatic N) is 1. The standard InChI is InChI=1S/C6H6ClN3O/c7-4-1-2-5(9-3-4)6(11)10-8/h1-3H,8H2,(H,10,11). The average molecular weight is 172 g/mol. The lowest BCUT2D eigenvalue weighted by atomic mass is 10.3. The van der Waals surface area contributed by atoms with Crippen molar-refractivity contribution in [3.05, 3.63) is 29.0 Å². The molecule has 0 saturated carbocycles. The summed E-state index contributed by atoms with van der Waals surface area (Å²) in [6.45, 7) is 0. The lowest BCUT2D eigenvalue weighted by Crippen LogP contribution is -2.30. The molecule has 0 aliphatic heterocycles. The summed E-state index contributed by atoms with van der Waals surface area (Å²) >= 11 is 5.53. The monoisotopic (exact) mass is 171 g/mol. The molecule has 0 aliphatic rings. The predicted molar refractivity (Wildman–Crippen MR) is 40.9 cm³/mol. The molecular weight excluding hydrogens is 166 g/mol. The fourth-order valence-electron chi connectivity index (χ4n) is 0.584. The summed E-state index contributed by atoms with van der Waals surface area (Å²) in [7, 11) is 0. The Morgan fingerprint density at radius 3 is 2.82 bits per heavy atom. The van der Waals surface area contributed by atoms with Crippen LogP contribution in [-0.2, 0) is 0 Å². The molecule has 0 fully saturated rings. The van der Waals surface area contributed by atoms with Crippen molar-refractivity contribution in [2.75, 3.05) is 0 Å². The first-order valence-electron chi connectivity index (χ1n) is 2.86. The first kappa shape index (κ1) is 7.97. The Morgan fingerprint density at radius 1 is 1.64 bits per heavy atom. The van der Waals surface area contributed by atoms with E-state index in [1.807, 2.05) is 5.43 Å². The highest BCUT2D eigenvalue weighted by atomic mass is 35.5. The molecule has 0 radical (unpaired) electrons. The molecule has 0 atom stereocenters. The van der Waals surface area contributed by atoms with E-state index >= 15 is 0 Å². The maximum absolute atomic E-state index is 10.8. The number of nitrogen functional groups attached to an aromatic ring is 1. The molecule has 58 valence electrons. The molecule has 0 aliphatic carbocycles. The van der Waals surface area contributed by atoms with Crippen LogP contribution in [0.15, 0.2) is 18.3 Å². The molecule has 0 unspecified atom stereocenters. The van der Waals surface area contributed by atoms with Crippen molar-refractivity contribution < 1.29 is 4.79 Å². The van der Waals surface area contributed by atoms with Crippen LogP contribution in [0.4, 0.5) is 0 Å². The zero-order valence-electron chi connectivity index (χ0n) is 5.54.